The lowest BCUT2D eigenvalue weighted by Gasteiger charge is -2.10. The number of hydrazone groups is 1. The van der Waals surface area contributed by atoms with Crippen molar-refractivity contribution in [1.29, 1.82) is 0 Å². The van der Waals surface area contributed by atoms with Gasteiger partial charge in [0, 0.05) is 17.7 Å². The highest BCUT2D eigenvalue weighted by Gasteiger charge is 2.15. The molecule has 0 aliphatic rings. The van der Waals surface area contributed by atoms with Crippen LogP contribution in [0.25, 0.3) is 0 Å². The Kier molecular flexibility index (Phi) is 6.70. The number of nitrogens with zero attached hydrogens (tertiary/aromatic N) is 2. The molecule has 2 aromatic rings. The molecule has 0 unspecified atom stereocenters. The van der Waals surface area contributed by atoms with Gasteiger partial charge in [-0.25, -0.2) is 5.43 Å². The maximum Gasteiger partial charge on any atom is 0.310 e. The van der Waals surface area contributed by atoms with Gasteiger partial charge in [0.25, 0.3) is 5.91 Å². The molecule has 9 nitrogen and oxygen atoms in total. The summed E-state index contributed by atoms with van der Waals surface area (Å²) in [7, 11) is 3.07. The van der Waals surface area contributed by atoms with Crippen molar-refractivity contribution < 1.29 is 23.9 Å². The molecule has 0 bridgehead atoms. The van der Waals surface area contributed by atoms with Crippen molar-refractivity contribution >= 4 is 17.3 Å². The summed E-state index contributed by atoms with van der Waals surface area (Å²) in [6.45, 7) is 1.29. The summed E-state index contributed by atoms with van der Waals surface area (Å²) in [5, 5.41) is 14.9. The molecule has 2 aromatic carbocycles. The number of benzene rings is 2. The van der Waals surface area contributed by atoms with Crippen LogP contribution in [-0.4, -0.2) is 37.4 Å². The predicted molar refractivity (Wildman–Crippen MR) is 98.5 cm³/mol. The van der Waals surface area contributed by atoms with Gasteiger partial charge in [0.15, 0.2) is 12.4 Å². The fourth-order valence-electron chi connectivity index (χ4n) is 2.21. The number of ether oxygens (including phenoxy) is 3. The number of amides is 1. The first kappa shape index (κ1) is 19.7. The lowest BCUT2D eigenvalue weighted by molar-refractivity contribution is -0.385. The average Bonchev–Trinajstić information content (AvgIpc) is 2.69. The largest absolute Gasteiger partial charge is 0.497 e. The molecule has 1 N–H and O–H groups in total. The second-order valence-electron chi connectivity index (χ2n) is 5.31. The number of carbonyl (C=O) groups is 1. The zero-order valence-corrected chi connectivity index (χ0v) is 15.1. The standard InChI is InChI=1S/C18H19N3O6/c1-12(14-9-8-13(25-2)10-17(14)26-3)19-20-18(22)11-27-16-7-5-4-6-15(16)21(23)24/h4-10H,11H2,1-3H3,(H,20,22)/b19-12-. The van der Waals surface area contributed by atoms with Gasteiger partial charge in [-0.2, -0.15) is 5.10 Å². The van der Waals surface area contributed by atoms with Crippen LogP contribution >= 0.6 is 0 Å². The van der Waals surface area contributed by atoms with Gasteiger partial charge in [0.05, 0.1) is 24.9 Å². The molecule has 1 amide bonds. The lowest BCUT2D eigenvalue weighted by Crippen LogP contribution is -2.25. The van der Waals surface area contributed by atoms with Crippen LogP contribution in [0.5, 0.6) is 17.2 Å². The highest BCUT2D eigenvalue weighted by atomic mass is 16.6. The number of rotatable bonds is 8. The van der Waals surface area contributed by atoms with E-state index in [1.807, 2.05) is 0 Å². The Balaban J connectivity index is 2.01. The van der Waals surface area contributed by atoms with E-state index in [4.69, 9.17) is 14.2 Å². The molecule has 0 aliphatic heterocycles. The van der Waals surface area contributed by atoms with Gasteiger partial charge < -0.3 is 14.2 Å². The van der Waals surface area contributed by atoms with Gasteiger partial charge in [-0.3, -0.25) is 14.9 Å². The van der Waals surface area contributed by atoms with Gasteiger partial charge in [-0.05, 0) is 25.1 Å². The third-order valence-electron chi connectivity index (χ3n) is 3.57. The van der Waals surface area contributed by atoms with Gasteiger partial charge in [-0.1, -0.05) is 12.1 Å². The Bertz CT molecular complexity index is 866. The van der Waals surface area contributed by atoms with Crippen LogP contribution in [0.15, 0.2) is 47.6 Å². The molecule has 0 radical (unpaired) electrons. The number of nitro groups is 1. The summed E-state index contributed by atoms with van der Waals surface area (Å²) < 4.78 is 15.6. The number of hydrogen-bond donors (Lipinski definition) is 1. The van der Waals surface area contributed by atoms with Crippen molar-refractivity contribution in [2.75, 3.05) is 20.8 Å². The van der Waals surface area contributed by atoms with Crippen molar-refractivity contribution in [3.8, 4) is 17.2 Å². The quantitative estimate of drug-likeness (QED) is 0.432. The molecule has 142 valence electrons. The Morgan fingerprint density at radius 3 is 2.56 bits per heavy atom. The van der Waals surface area contributed by atoms with E-state index in [1.54, 1.807) is 38.3 Å². The Hall–Kier alpha value is -3.62. The molecule has 2 rings (SSSR count). The highest BCUT2D eigenvalue weighted by molar-refractivity contribution is 6.01. The number of carbonyl (C=O) groups excluding carboxylic acids is 1. The maximum atomic E-state index is 11.9. The van der Waals surface area contributed by atoms with Crippen LogP contribution in [0, 0.1) is 10.1 Å². The Labute approximate surface area is 155 Å². The van der Waals surface area contributed by atoms with E-state index in [9.17, 15) is 14.9 Å². The molecule has 27 heavy (non-hydrogen) atoms. The summed E-state index contributed by atoms with van der Waals surface area (Å²) in [6, 6.07) is 11.0. The van der Waals surface area contributed by atoms with Crippen LogP contribution in [0.1, 0.15) is 12.5 Å². The fraction of sp³-hybridized carbons (Fsp3) is 0.222. The molecule has 0 saturated carbocycles. The number of nitrogens with one attached hydrogen (secondary N) is 1. The molecule has 9 heteroatoms. The lowest BCUT2D eigenvalue weighted by atomic mass is 10.1. The Morgan fingerprint density at radius 1 is 1.15 bits per heavy atom. The van der Waals surface area contributed by atoms with Crippen molar-refractivity contribution in [2.24, 2.45) is 5.10 Å². The van der Waals surface area contributed by atoms with E-state index < -0.39 is 17.4 Å². The van der Waals surface area contributed by atoms with E-state index in [-0.39, 0.29) is 11.4 Å². The normalized spacial score (nSPS) is 10.9. The van der Waals surface area contributed by atoms with E-state index in [0.29, 0.717) is 22.8 Å². The van der Waals surface area contributed by atoms with Gasteiger partial charge >= 0.3 is 5.69 Å². The first-order valence-electron chi connectivity index (χ1n) is 7.88. The molecule has 0 fully saturated rings. The van der Waals surface area contributed by atoms with Crippen molar-refractivity contribution in [1.82, 2.24) is 5.43 Å². The van der Waals surface area contributed by atoms with Crippen LogP contribution in [0.3, 0.4) is 0 Å². The third kappa shape index (κ3) is 5.18. The SMILES string of the molecule is COc1ccc(/C(C)=N\NC(=O)COc2ccccc2[N+](=O)[O-])c(OC)c1. The zero-order valence-electron chi connectivity index (χ0n) is 15.1. The summed E-state index contributed by atoms with van der Waals surface area (Å²) in [5.41, 5.74) is 3.32. The van der Waals surface area contributed by atoms with Crippen LogP contribution in [0.4, 0.5) is 5.69 Å². The summed E-state index contributed by atoms with van der Waals surface area (Å²) >= 11 is 0. The first-order valence-corrected chi connectivity index (χ1v) is 7.88. The predicted octanol–water partition coefficient (Wildman–Crippen LogP) is 2.53. The van der Waals surface area contributed by atoms with E-state index in [0.717, 1.165) is 0 Å². The van der Waals surface area contributed by atoms with Gasteiger partial charge in [-0.15, -0.1) is 0 Å². The van der Waals surface area contributed by atoms with Crippen LogP contribution in [-0.2, 0) is 4.79 Å². The summed E-state index contributed by atoms with van der Waals surface area (Å²) in [6.07, 6.45) is 0. The number of methoxy groups -OCH3 is 2. The minimum Gasteiger partial charge on any atom is -0.497 e. The van der Waals surface area contributed by atoms with Crippen LogP contribution < -0.4 is 19.6 Å². The van der Waals surface area contributed by atoms with Gasteiger partial charge in [0.1, 0.15) is 11.5 Å². The number of hydrogen-bond acceptors (Lipinski definition) is 7. The van der Waals surface area contributed by atoms with E-state index >= 15 is 0 Å². The number of nitro benzene ring substituents is 1. The molecule has 0 aliphatic carbocycles. The third-order valence-corrected chi connectivity index (χ3v) is 3.57. The maximum absolute atomic E-state index is 11.9. The average molecular weight is 373 g/mol. The molecule has 0 spiro atoms. The number of para-hydroxylation sites is 2. The minimum absolute atomic E-state index is 0.00942. The fourth-order valence-corrected chi connectivity index (χ4v) is 2.21. The van der Waals surface area contributed by atoms with Crippen molar-refractivity contribution in [3.05, 3.63) is 58.1 Å². The molecule has 0 heterocycles. The monoisotopic (exact) mass is 373 g/mol. The molecule has 0 saturated heterocycles. The highest BCUT2D eigenvalue weighted by Crippen LogP contribution is 2.26. The van der Waals surface area contributed by atoms with Crippen molar-refractivity contribution in [2.45, 2.75) is 6.92 Å². The van der Waals surface area contributed by atoms with E-state index in [1.165, 1.54) is 25.3 Å². The molecule has 0 atom stereocenters. The zero-order chi connectivity index (χ0) is 19.8. The Morgan fingerprint density at radius 2 is 1.89 bits per heavy atom. The molecular weight excluding hydrogens is 354 g/mol. The first-order chi connectivity index (χ1) is 13.0. The molecule has 0 aromatic heterocycles. The van der Waals surface area contributed by atoms with E-state index in [2.05, 4.69) is 10.5 Å². The topological polar surface area (TPSA) is 112 Å². The smallest absolute Gasteiger partial charge is 0.310 e. The second kappa shape index (κ2) is 9.18. The second-order valence-corrected chi connectivity index (χ2v) is 5.31. The van der Waals surface area contributed by atoms with Crippen molar-refractivity contribution in [3.63, 3.8) is 0 Å². The summed E-state index contributed by atoms with van der Waals surface area (Å²) in [4.78, 5) is 22.3. The van der Waals surface area contributed by atoms with Crippen LogP contribution in [0.2, 0.25) is 0 Å². The minimum atomic E-state index is -0.578. The summed E-state index contributed by atoms with van der Waals surface area (Å²) in [5.74, 6) is 0.626. The van der Waals surface area contributed by atoms with Gasteiger partial charge in [0.2, 0.25) is 0 Å². The molecular formula is C18H19N3O6.